The van der Waals surface area contributed by atoms with Gasteiger partial charge in [-0.2, -0.15) is 0 Å². The number of hydrogen-bond acceptors (Lipinski definition) is 3. The molecule has 0 aliphatic carbocycles. The Labute approximate surface area is 110 Å². The molecule has 0 amide bonds. The lowest BCUT2D eigenvalue weighted by molar-refractivity contribution is 0.917. The Morgan fingerprint density at radius 1 is 1.33 bits per heavy atom. The molecule has 0 saturated heterocycles. The zero-order valence-corrected chi connectivity index (χ0v) is 11.9. The van der Waals surface area contributed by atoms with Crippen molar-refractivity contribution in [3.8, 4) is 0 Å². The van der Waals surface area contributed by atoms with E-state index in [1.165, 1.54) is 9.75 Å². The van der Waals surface area contributed by atoms with E-state index in [1.54, 1.807) is 22.7 Å². The van der Waals surface area contributed by atoms with Gasteiger partial charge in [0.1, 0.15) is 0 Å². The number of halogens is 2. The molecule has 80 valence electrons. The Balaban J connectivity index is 2.31. The first-order valence-corrected chi connectivity index (χ1v) is 7.15. The summed E-state index contributed by atoms with van der Waals surface area (Å²) in [5.41, 5.74) is 6.15. The van der Waals surface area contributed by atoms with Crippen LogP contribution in [-0.2, 0) is 0 Å². The first-order chi connectivity index (χ1) is 7.08. The van der Waals surface area contributed by atoms with Crippen molar-refractivity contribution in [3.63, 3.8) is 0 Å². The second-order valence-corrected chi connectivity index (χ2v) is 7.32. The summed E-state index contributed by atoms with van der Waals surface area (Å²) < 4.78 is 0.947. The lowest BCUT2D eigenvalue weighted by atomic mass is 10.2. The lowest BCUT2D eigenvalue weighted by Crippen LogP contribution is -2.07. The van der Waals surface area contributed by atoms with Gasteiger partial charge < -0.3 is 5.73 Å². The van der Waals surface area contributed by atoms with Gasteiger partial charge >= 0.3 is 0 Å². The van der Waals surface area contributed by atoms with Crippen molar-refractivity contribution in [2.75, 3.05) is 0 Å². The molecule has 2 aromatic rings. The predicted octanol–water partition coefficient (Wildman–Crippen LogP) is 4.58. The molecule has 1 unspecified atom stereocenters. The molecule has 0 bridgehead atoms. The second kappa shape index (κ2) is 4.55. The molecule has 1 nitrogen and oxygen atoms in total. The molecule has 0 saturated carbocycles. The number of thiophene rings is 2. The van der Waals surface area contributed by atoms with Crippen molar-refractivity contribution >= 4 is 50.2 Å². The standard InChI is InChI=1S/C10H9BrClNS2/c1-5-2-3-7(14-5)9(13)8-4-6(12)10(11)15-8/h2-4,9H,13H2,1H3. The smallest absolute Gasteiger partial charge is 0.0888 e. The van der Waals surface area contributed by atoms with Crippen molar-refractivity contribution in [3.05, 3.63) is 41.6 Å². The molecule has 2 heterocycles. The van der Waals surface area contributed by atoms with Crippen LogP contribution in [0.2, 0.25) is 5.02 Å². The first kappa shape index (κ1) is 11.6. The van der Waals surface area contributed by atoms with E-state index < -0.39 is 0 Å². The summed E-state index contributed by atoms with van der Waals surface area (Å²) in [7, 11) is 0. The van der Waals surface area contributed by atoms with Gasteiger partial charge in [-0.3, -0.25) is 0 Å². The largest absolute Gasteiger partial charge is 0.319 e. The first-order valence-electron chi connectivity index (χ1n) is 4.34. The average molecular weight is 323 g/mol. The van der Waals surface area contributed by atoms with Crippen LogP contribution in [0.15, 0.2) is 22.0 Å². The summed E-state index contributed by atoms with van der Waals surface area (Å²) >= 11 is 12.7. The monoisotopic (exact) mass is 321 g/mol. The quantitative estimate of drug-likeness (QED) is 0.860. The molecule has 0 aliphatic heterocycles. The van der Waals surface area contributed by atoms with Crippen molar-refractivity contribution in [1.82, 2.24) is 0 Å². The van der Waals surface area contributed by atoms with Gasteiger partial charge in [-0.25, -0.2) is 0 Å². The van der Waals surface area contributed by atoms with Crippen LogP contribution in [0.3, 0.4) is 0 Å². The molecule has 1 atom stereocenters. The molecule has 0 spiro atoms. The maximum absolute atomic E-state index is 6.15. The van der Waals surface area contributed by atoms with Crippen LogP contribution in [0, 0.1) is 6.92 Å². The van der Waals surface area contributed by atoms with Gasteiger partial charge in [0.15, 0.2) is 0 Å². The lowest BCUT2D eigenvalue weighted by Gasteiger charge is -2.05. The molecule has 0 aliphatic rings. The minimum absolute atomic E-state index is 0.0579. The summed E-state index contributed by atoms with van der Waals surface area (Å²) in [5.74, 6) is 0. The highest BCUT2D eigenvalue weighted by atomic mass is 79.9. The number of hydrogen-bond donors (Lipinski definition) is 1. The maximum atomic E-state index is 6.15. The molecule has 2 aromatic heterocycles. The molecule has 0 aromatic carbocycles. The van der Waals surface area contributed by atoms with E-state index in [1.807, 2.05) is 6.07 Å². The molecule has 15 heavy (non-hydrogen) atoms. The topological polar surface area (TPSA) is 26.0 Å². The summed E-state index contributed by atoms with van der Waals surface area (Å²) in [6.07, 6.45) is 0. The molecular formula is C10H9BrClNS2. The van der Waals surface area contributed by atoms with Gasteiger partial charge in [-0.1, -0.05) is 11.6 Å². The van der Waals surface area contributed by atoms with E-state index in [4.69, 9.17) is 17.3 Å². The Hall–Kier alpha value is 0.130. The molecule has 2 rings (SSSR count). The highest BCUT2D eigenvalue weighted by Crippen LogP contribution is 2.37. The van der Waals surface area contributed by atoms with E-state index >= 15 is 0 Å². The Bertz CT molecular complexity index is 458. The van der Waals surface area contributed by atoms with Gasteiger partial charge in [0.05, 0.1) is 14.9 Å². The fraction of sp³-hybridized carbons (Fsp3) is 0.200. The van der Waals surface area contributed by atoms with Crippen LogP contribution < -0.4 is 5.73 Å². The van der Waals surface area contributed by atoms with E-state index in [9.17, 15) is 0 Å². The van der Waals surface area contributed by atoms with Crippen LogP contribution in [-0.4, -0.2) is 0 Å². The van der Waals surface area contributed by atoms with Crippen molar-refractivity contribution in [1.29, 1.82) is 0 Å². The summed E-state index contributed by atoms with van der Waals surface area (Å²) in [6, 6.07) is 6.03. The maximum Gasteiger partial charge on any atom is 0.0888 e. The number of rotatable bonds is 2. The van der Waals surface area contributed by atoms with Gasteiger partial charge in [0.25, 0.3) is 0 Å². The van der Waals surface area contributed by atoms with E-state index in [0.717, 1.165) is 13.7 Å². The molecule has 2 N–H and O–H groups in total. The highest BCUT2D eigenvalue weighted by molar-refractivity contribution is 9.11. The van der Waals surface area contributed by atoms with E-state index in [-0.39, 0.29) is 6.04 Å². The summed E-state index contributed by atoms with van der Waals surface area (Å²) in [5, 5.41) is 0.735. The summed E-state index contributed by atoms with van der Waals surface area (Å²) in [4.78, 5) is 3.55. The zero-order valence-electron chi connectivity index (χ0n) is 7.96. The molecule has 5 heteroatoms. The fourth-order valence-corrected chi connectivity index (χ4v) is 4.02. The van der Waals surface area contributed by atoms with Crippen LogP contribution in [0.4, 0.5) is 0 Å². The van der Waals surface area contributed by atoms with Gasteiger partial charge in [-0.15, -0.1) is 22.7 Å². The van der Waals surface area contributed by atoms with Gasteiger partial charge in [0, 0.05) is 14.6 Å². The zero-order chi connectivity index (χ0) is 11.0. The minimum Gasteiger partial charge on any atom is -0.319 e. The van der Waals surface area contributed by atoms with Crippen LogP contribution in [0.25, 0.3) is 0 Å². The minimum atomic E-state index is -0.0579. The van der Waals surface area contributed by atoms with Crippen LogP contribution in [0.1, 0.15) is 20.7 Å². The Kier molecular flexibility index (Phi) is 3.52. The summed E-state index contributed by atoms with van der Waals surface area (Å²) in [6.45, 7) is 2.08. The normalized spacial score (nSPS) is 13.1. The third-order valence-corrected chi connectivity index (χ3v) is 5.68. The predicted molar refractivity (Wildman–Crippen MR) is 72.1 cm³/mol. The van der Waals surface area contributed by atoms with Gasteiger partial charge in [-0.05, 0) is 41.1 Å². The third-order valence-electron chi connectivity index (χ3n) is 2.04. The Morgan fingerprint density at radius 2 is 2.07 bits per heavy atom. The SMILES string of the molecule is Cc1ccc(C(N)c2cc(Cl)c(Br)s2)s1. The second-order valence-electron chi connectivity index (χ2n) is 3.20. The Morgan fingerprint density at radius 3 is 2.53 bits per heavy atom. The van der Waals surface area contributed by atoms with Gasteiger partial charge in [0.2, 0.25) is 0 Å². The third kappa shape index (κ3) is 2.45. The van der Waals surface area contributed by atoms with E-state index in [2.05, 4.69) is 35.0 Å². The van der Waals surface area contributed by atoms with Crippen LogP contribution >= 0.6 is 50.2 Å². The van der Waals surface area contributed by atoms with E-state index in [0.29, 0.717) is 0 Å². The molecule has 0 fully saturated rings. The average Bonchev–Trinajstić information content (AvgIpc) is 2.74. The molecular weight excluding hydrogens is 314 g/mol. The van der Waals surface area contributed by atoms with Crippen molar-refractivity contribution < 1.29 is 0 Å². The van der Waals surface area contributed by atoms with Crippen LogP contribution in [0.5, 0.6) is 0 Å². The fourth-order valence-electron chi connectivity index (χ4n) is 1.28. The van der Waals surface area contributed by atoms with Crippen molar-refractivity contribution in [2.24, 2.45) is 5.73 Å². The van der Waals surface area contributed by atoms with Crippen molar-refractivity contribution in [2.45, 2.75) is 13.0 Å². The molecule has 0 radical (unpaired) electrons. The number of nitrogens with two attached hydrogens (primary N) is 1. The highest BCUT2D eigenvalue weighted by Gasteiger charge is 2.15. The number of aryl methyl sites for hydroxylation is 1.